The molecule has 1 rings (SSSR count). The molecule has 0 aromatic heterocycles. The highest BCUT2D eigenvalue weighted by molar-refractivity contribution is 7.97. The topological polar surface area (TPSA) is 61.3 Å². The second-order valence-electron chi connectivity index (χ2n) is 4.07. The molecule has 3 nitrogen and oxygen atoms in total. The van der Waals surface area contributed by atoms with Crippen LogP contribution in [0, 0.1) is 0 Å². The van der Waals surface area contributed by atoms with E-state index in [1.54, 1.807) is 7.11 Å². The Morgan fingerprint density at radius 3 is 2.14 bits per heavy atom. The Morgan fingerprint density at radius 1 is 1.24 bits per heavy atom. The molecule has 1 unspecified atom stereocenters. The van der Waals surface area contributed by atoms with Crippen LogP contribution in [0.15, 0.2) is 24.3 Å². The van der Waals surface area contributed by atoms with Gasteiger partial charge in [0.2, 0.25) is 0 Å². The molecular formula is C16H31FN2OS. The second-order valence-corrected chi connectivity index (χ2v) is 4.81. The fraction of sp³-hybridized carbons (Fsp3) is 0.625. The summed E-state index contributed by atoms with van der Waals surface area (Å²) in [7, 11) is 1.73. The van der Waals surface area contributed by atoms with Crippen molar-refractivity contribution in [2.24, 2.45) is 10.9 Å². The van der Waals surface area contributed by atoms with E-state index in [0.717, 1.165) is 18.6 Å². The maximum absolute atomic E-state index is 10.6. The molecule has 0 saturated heterocycles. The molecular weight excluding hydrogens is 287 g/mol. The summed E-state index contributed by atoms with van der Waals surface area (Å²) in [5, 5.41) is 5.37. The first kappa shape index (κ1) is 22.7. The lowest BCUT2D eigenvalue weighted by atomic mass is 10.1. The van der Waals surface area contributed by atoms with Gasteiger partial charge in [0.25, 0.3) is 0 Å². The van der Waals surface area contributed by atoms with Gasteiger partial charge in [-0.2, -0.15) is 0 Å². The molecule has 0 fully saturated rings. The Labute approximate surface area is 133 Å². The SMILES string of the molecule is CC.COC(C)c1ccc(CCCSN)cc1.NCCF. The first-order valence-corrected chi connectivity index (χ1v) is 8.43. The van der Waals surface area contributed by atoms with E-state index >= 15 is 0 Å². The minimum absolute atomic E-state index is 0.153. The molecule has 1 aromatic rings. The van der Waals surface area contributed by atoms with Gasteiger partial charge >= 0.3 is 0 Å². The van der Waals surface area contributed by atoms with Gasteiger partial charge in [0.1, 0.15) is 6.67 Å². The van der Waals surface area contributed by atoms with Crippen molar-refractivity contribution in [2.75, 3.05) is 26.1 Å². The summed E-state index contributed by atoms with van der Waals surface area (Å²) in [5.41, 5.74) is 7.26. The molecule has 0 aliphatic heterocycles. The van der Waals surface area contributed by atoms with E-state index < -0.39 is 6.67 Å². The number of nitrogens with two attached hydrogens (primary N) is 2. The van der Waals surface area contributed by atoms with Gasteiger partial charge in [-0.3, -0.25) is 5.14 Å². The number of halogens is 1. The van der Waals surface area contributed by atoms with Gasteiger partial charge in [-0.05, 0) is 30.9 Å². The van der Waals surface area contributed by atoms with Gasteiger partial charge in [0.15, 0.2) is 0 Å². The van der Waals surface area contributed by atoms with Gasteiger partial charge in [-0.1, -0.05) is 50.1 Å². The molecule has 0 bridgehead atoms. The third kappa shape index (κ3) is 12.8. The molecule has 124 valence electrons. The monoisotopic (exact) mass is 318 g/mol. The van der Waals surface area contributed by atoms with Crippen LogP contribution in [-0.2, 0) is 11.2 Å². The molecule has 0 aliphatic carbocycles. The lowest BCUT2D eigenvalue weighted by molar-refractivity contribution is 0.119. The summed E-state index contributed by atoms with van der Waals surface area (Å²) in [6.45, 7) is 5.81. The minimum atomic E-state index is -0.403. The van der Waals surface area contributed by atoms with Crippen LogP contribution in [0.1, 0.15) is 44.4 Å². The predicted octanol–water partition coefficient (Wildman–Crippen LogP) is 3.87. The Morgan fingerprint density at radius 2 is 1.76 bits per heavy atom. The molecule has 0 heterocycles. The third-order valence-electron chi connectivity index (χ3n) is 2.64. The highest BCUT2D eigenvalue weighted by Crippen LogP contribution is 2.16. The van der Waals surface area contributed by atoms with E-state index in [-0.39, 0.29) is 12.6 Å². The van der Waals surface area contributed by atoms with E-state index in [9.17, 15) is 4.39 Å². The molecule has 0 aliphatic rings. The fourth-order valence-electron chi connectivity index (χ4n) is 1.45. The largest absolute Gasteiger partial charge is 0.377 e. The summed E-state index contributed by atoms with van der Waals surface area (Å²) in [5.74, 6) is 1.02. The Balaban J connectivity index is 0. The Kier molecular flexibility index (Phi) is 18.8. The average molecular weight is 319 g/mol. The van der Waals surface area contributed by atoms with E-state index in [1.807, 2.05) is 13.8 Å². The van der Waals surface area contributed by atoms with E-state index in [4.69, 9.17) is 9.88 Å². The summed E-state index contributed by atoms with van der Waals surface area (Å²) in [4.78, 5) is 0. The number of rotatable bonds is 7. The smallest absolute Gasteiger partial charge is 0.102 e. The molecule has 0 radical (unpaired) electrons. The second kappa shape index (κ2) is 17.4. The minimum Gasteiger partial charge on any atom is -0.377 e. The molecule has 0 amide bonds. The van der Waals surface area contributed by atoms with Crippen LogP contribution in [0.25, 0.3) is 0 Å². The lowest BCUT2D eigenvalue weighted by Crippen LogP contribution is -1.98. The van der Waals surface area contributed by atoms with Crippen LogP contribution in [-0.4, -0.2) is 26.1 Å². The van der Waals surface area contributed by atoms with Gasteiger partial charge in [-0.25, -0.2) is 4.39 Å². The number of aryl methyl sites for hydroxylation is 1. The first-order valence-electron chi connectivity index (χ1n) is 7.38. The number of ether oxygens (including phenoxy) is 1. The van der Waals surface area contributed by atoms with Crippen molar-refractivity contribution >= 4 is 11.9 Å². The van der Waals surface area contributed by atoms with Crippen LogP contribution in [0.3, 0.4) is 0 Å². The number of benzene rings is 1. The summed E-state index contributed by atoms with van der Waals surface area (Å²) in [6, 6.07) is 8.62. The zero-order chi connectivity index (χ0) is 16.5. The van der Waals surface area contributed by atoms with Crippen LogP contribution in [0.2, 0.25) is 0 Å². The zero-order valence-corrected chi connectivity index (χ0v) is 14.6. The van der Waals surface area contributed by atoms with Crippen molar-refractivity contribution < 1.29 is 9.13 Å². The standard InChI is InChI=1S/C12H19NOS.C2H6FN.C2H6/c1-10(14-2)12-7-5-11(6-8-12)4-3-9-15-13;3-1-2-4;1-2/h5-8,10H,3-4,9,13H2,1-2H3;1-2,4H2;1-2H3. The maximum Gasteiger partial charge on any atom is 0.102 e. The van der Waals surface area contributed by atoms with Crippen molar-refractivity contribution in [3.8, 4) is 0 Å². The number of methoxy groups -OCH3 is 1. The van der Waals surface area contributed by atoms with E-state index in [0.29, 0.717) is 0 Å². The fourth-order valence-corrected chi connectivity index (χ4v) is 1.76. The van der Waals surface area contributed by atoms with Gasteiger partial charge < -0.3 is 10.5 Å². The maximum atomic E-state index is 10.6. The Hall–Kier alpha value is -0.620. The van der Waals surface area contributed by atoms with Crippen LogP contribution >= 0.6 is 11.9 Å². The van der Waals surface area contributed by atoms with Gasteiger partial charge in [0, 0.05) is 19.4 Å². The van der Waals surface area contributed by atoms with Gasteiger partial charge in [0.05, 0.1) is 6.10 Å². The highest BCUT2D eigenvalue weighted by Gasteiger charge is 2.02. The van der Waals surface area contributed by atoms with Crippen molar-refractivity contribution in [1.29, 1.82) is 0 Å². The van der Waals surface area contributed by atoms with E-state index in [2.05, 4.69) is 36.9 Å². The van der Waals surface area contributed by atoms with E-state index in [1.165, 1.54) is 23.1 Å². The highest BCUT2D eigenvalue weighted by atomic mass is 32.2. The number of hydrogen-bond donors (Lipinski definition) is 2. The molecule has 1 atom stereocenters. The molecule has 0 spiro atoms. The summed E-state index contributed by atoms with van der Waals surface area (Å²) >= 11 is 1.41. The summed E-state index contributed by atoms with van der Waals surface area (Å²) in [6.07, 6.45) is 2.42. The predicted molar refractivity (Wildman–Crippen MR) is 93.2 cm³/mol. The molecule has 0 saturated carbocycles. The molecule has 21 heavy (non-hydrogen) atoms. The third-order valence-corrected chi connectivity index (χ3v) is 3.16. The van der Waals surface area contributed by atoms with Crippen molar-refractivity contribution in [2.45, 2.75) is 39.7 Å². The number of alkyl halides is 1. The number of hydrogen-bond acceptors (Lipinski definition) is 4. The van der Waals surface area contributed by atoms with Crippen molar-refractivity contribution in [3.05, 3.63) is 35.4 Å². The van der Waals surface area contributed by atoms with Crippen LogP contribution < -0.4 is 10.9 Å². The quantitative estimate of drug-likeness (QED) is 0.592. The Bertz CT molecular complexity index is 308. The normalized spacial score (nSPS) is 10.8. The van der Waals surface area contributed by atoms with Crippen LogP contribution in [0.4, 0.5) is 4.39 Å². The van der Waals surface area contributed by atoms with Crippen molar-refractivity contribution in [1.82, 2.24) is 0 Å². The summed E-state index contributed by atoms with van der Waals surface area (Å²) < 4.78 is 15.9. The average Bonchev–Trinajstić information content (AvgIpc) is 2.57. The molecule has 5 heteroatoms. The zero-order valence-electron chi connectivity index (χ0n) is 13.8. The molecule has 1 aromatic carbocycles. The van der Waals surface area contributed by atoms with Crippen LogP contribution in [0.5, 0.6) is 0 Å². The van der Waals surface area contributed by atoms with Crippen molar-refractivity contribution in [3.63, 3.8) is 0 Å². The first-order chi connectivity index (χ1) is 10.2. The van der Waals surface area contributed by atoms with Gasteiger partial charge in [-0.15, -0.1) is 0 Å². The molecule has 4 N–H and O–H groups in total. The lowest BCUT2D eigenvalue weighted by Gasteiger charge is -2.10.